The highest BCUT2D eigenvalue weighted by Gasteiger charge is 2.43. The van der Waals surface area contributed by atoms with Gasteiger partial charge >= 0.3 is 0 Å². The molecular formula is C11H6F5NO4S3. The molecule has 0 aliphatic rings. The van der Waals surface area contributed by atoms with Gasteiger partial charge in [-0.2, -0.15) is 0 Å². The Morgan fingerprint density at radius 1 is 0.875 bits per heavy atom. The van der Waals surface area contributed by atoms with E-state index in [4.69, 9.17) is 0 Å². The van der Waals surface area contributed by atoms with Crippen molar-refractivity contribution < 1.29 is 38.8 Å². The normalized spacial score (nSPS) is 13.9. The van der Waals surface area contributed by atoms with Gasteiger partial charge in [-0.05, 0) is 6.92 Å². The third-order valence-electron chi connectivity index (χ3n) is 2.98. The minimum absolute atomic E-state index is 0.527. The van der Waals surface area contributed by atoms with Gasteiger partial charge in [0.25, 0.3) is 0 Å². The molecule has 0 bridgehead atoms. The Labute approximate surface area is 136 Å². The van der Waals surface area contributed by atoms with Crippen molar-refractivity contribution >= 4 is 31.0 Å². The molecule has 1 aromatic carbocycles. The van der Waals surface area contributed by atoms with E-state index in [0.29, 0.717) is 18.3 Å². The van der Waals surface area contributed by atoms with E-state index in [0.717, 1.165) is 6.20 Å². The van der Waals surface area contributed by atoms with Gasteiger partial charge in [-0.3, -0.25) is 0 Å². The topological polar surface area (TPSA) is 81.2 Å². The first-order valence-electron chi connectivity index (χ1n) is 5.82. The highest BCUT2D eigenvalue weighted by atomic mass is 32.3. The third-order valence-corrected chi connectivity index (χ3v) is 9.32. The van der Waals surface area contributed by atoms with Crippen molar-refractivity contribution in [1.29, 1.82) is 0 Å². The molecule has 0 fully saturated rings. The Morgan fingerprint density at radius 3 is 1.75 bits per heavy atom. The van der Waals surface area contributed by atoms with Crippen LogP contribution < -0.4 is 0 Å². The first-order valence-corrected chi connectivity index (χ1v) is 9.80. The molecule has 0 amide bonds. The highest BCUT2D eigenvalue weighted by Crippen LogP contribution is 2.32. The summed E-state index contributed by atoms with van der Waals surface area (Å²) in [5.74, 6) is -12.8. The Hall–Kier alpha value is -1.60. The minimum atomic E-state index is -5.46. The fourth-order valence-corrected chi connectivity index (χ4v) is 6.74. The van der Waals surface area contributed by atoms with Crippen molar-refractivity contribution in [2.24, 2.45) is 0 Å². The van der Waals surface area contributed by atoms with E-state index < -0.39 is 62.6 Å². The number of hydrogen-bond donors (Lipinski definition) is 0. The maximum Gasteiger partial charge on any atom is 0.222 e. The van der Waals surface area contributed by atoms with Gasteiger partial charge in [-0.15, -0.1) is 11.3 Å². The molecule has 24 heavy (non-hydrogen) atoms. The van der Waals surface area contributed by atoms with Crippen molar-refractivity contribution in [1.82, 2.24) is 4.98 Å². The Kier molecular flexibility index (Phi) is 4.71. The van der Waals surface area contributed by atoms with Gasteiger partial charge in [0.1, 0.15) is 4.90 Å². The van der Waals surface area contributed by atoms with Crippen LogP contribution in [0.4, 0.5) is 22.0 Å². The summed E-state index contributed by atoms with van der Waals surface area (Å²) in [7, 11) is -10.2. The number of nitrogens with zero attached hydrogens (tertiary/aromatic N) is 1. The molecule has 0 aliphatic carbocycles. The van der Waals surface area contributed by atoms with Gasteiger partial charge in [0, 0.05) is 11.6 Å². The first-order chi connectivity index (χ1) is 10.9. The molecule has 1 unspecified atom stereocenters. The van der Waals surface area contributed by atoms with Crippen LogP contribution in [0.3, 0.4) is 0 Å². The van der Waals surface area contributed by atoms with Gasteiger partial charge in [-0.1, -0.05) is 0 Å². The summed E-state index contributed by atoms with van der Waals surface area (Å²) in [6.07, 6.45) is 1.04. The molecule has 1 aromatic heterocycles. The van der Waals surface area contributed by atoms with Crippen LogP contribution in [-0.2, 0) is 19.7 Å². The van der Waals surface area contributed by atoms with Crippen LogP contribution in [0.5, 0.6) is 0 Å². The average molecular weight is 407 g/mol. The van der Waals surface area contributed by atoms with E-state index in [1.54, 1.807) is 0 Å². The van der Waals surface area contributed by atoms with E-state index in [1.807, 2.05) is 0 Å². The van der Waals surface area contributed by atoms with E-state index in [2.05, 4.69) is 4.98 Å². The molecule has 0 aliphatic heterocycles. The fourth-order valence-electron chi connectivity index (χ4n) is 1.66. The summed E-state index contributed by atoms with van der Waals surface area (Å²) in [4.78, 5) is 1.18. The number of benzene rings is 1. The highest BCUT2D eigenvalue weighted by molar-refractivity contribution is 8.09. The summed E-state index contributed by atoms with van der Waals surface area (Å²) in [6, 6.07) is 0. The molecule has 0 spiro atoms. The van der Waals surface area contributed by atoms with Gasteiger partial charge in [0.15, 0.2) is 27.9 Å². The zero-order valence-electron chi connectivity index (χ0n) is 11.4. The third kappa shape index (κ3) is 2.69. The molecule has 0 radical (unpaired) electrons. The molecule has 1 heterocycles. The van der Waals surface area contributed by atoms with Gasteiger partial charge in [-0.25, -0.2) is 43.8 Å². The summed E-state index contributed by atoms with van der Waals surface area (Å²) >= 11 is 0.527. The smallest absolute Gasteiger partial charge is 0.222 e. The van der Waals surface area contributed by atoms with Gasteiger partial charge < -0.3 is 0 Å². The van der Waals surface area contributed by atoms with Gasteiger partial charge in [0.05, 0.1) is 0 Å². The number of halogens is 5. The number of aromatic nitrogens is 1. The molecule has 0 saturated carbocycles. The minimum Gasteiger partial charge on any atom is -0.234 e. The lowest BCUT2D eigenvalue weighted by Crippen LogP contribution is -2.30. The second-order valence-corrected chi connectivity index (χ2v) is 10.2. The summed E-state index contributed by atoms with van der Waals surface area (Å²) < 4.78 is 112. The van der Waals surface area contributed by atoms with Crippen LogP contribution in [-0.4, -0.2) is 26.4 Å². The molecule has 5 nitrogen and oxygen atoms in total. The fraction of sp³-hybridized carbons (Fsp3) is 0.182. The summed E-state index contributed by atoms with van der Waals surface area (Å²) in [5.41, 5.74) is 0. The van der Waals surface area contributed by atoms with Crippen molar-refractivity contribution in [3.8, 4) is 0 Å². The second kappa shape index (κ2) is 6.04. The Bertz CT molecular complexity index is 974. The predicted molar refractivity (Wildman–Crippen MR) is 72.2 cm³/mol. The maximum atomic E-state index is 13.7. The maximum absolute atomic E-state index is 13.7. The van der Waals surface area contributed by atoms with E-state index in [1.165, 1.54) is 5.38 Å². The van der Waals surface area contributed by atoms with Crippen molar-refractivity contribution in [3.63, 3.8) is 0 Å². The van der Waals surface area contributed by atoms with Crippen LogP contribution in [0.15, 0.2) is 20.8 Å². The molecule has 2 aromatic rings. The number of thiazole rings is 1. The number of hydrogen-bond acceptors (Lipinski definition) is 6. The van der Waals surface area contributed by atoms with Gasteiger partial charge in [0.2, 0.25) is 29.8 Å². The van der Waals surface area contributed by atoms with E-state index >= 15 is 0 Å². The molecule has 1 atom stereocenters. The standard InChI is InChI=1S/C11H6F5NO4S3/c1-4(24(20,21)11-17-2-3-22-11)23(18,19)10-8(15)6(13)5(12)7(14)9(10)16/h2-4H,1H3. The molecule has 13 heteroatoms. The molecule has 0 N–H and O–H groups in total. The van der Waals surface area contributed by atoms with Crippen LogP contribution >= 0.6 is 11.3 Å². The Balaban J connectivity index is 2.73. The van der Waals surface area contributed by atoms with Crippen LogP contribution in [0, 0.1) is 29.1 Å². The molecule has 2 rings (SSSR count). The van der Waals surface area contributed by atoms with E-state index in [9.17, 15) is 38.8 Å². The van der Waals surface area contributed by atoms with Crippen molar-refractivity contribution in [2.75, 3.05) is 0 Å². The average Bonchev–Trinajstić information content (AvgIpc) is 3.05. The van der Waals surface area contributed by atoms with Crippen molar-refractivity contribution in [2.45, 2.75) is 20.7 Å². The zero-order valence-corrected chi connectivity index (χ0v) is 13.9. The lowest BCUT2D eigenvalue weighted by Gasteiger charge is -2.14. The van der Waals surface area contributed by atoms with E-state index in [-0.39, 0.29) is 0 Å². The zero-order chi connectivity index (χ0) is 18.4. The van der Waals surface area contributed by atoms with Crippen LogP contribution in [0.25, 0.3) is 0 Å². The predicted octanol–water partition coefficient (Wildman–Crippen LogP) is 2.43. The SMILES string of the molecule is CC(S(=O)(=O)c1nccs1)S(=O)(=O)c1c(F)c(F)c(F)c(F)c1F. The second-order valence-electron chi connectivity index (χ2n) is 4.35. The van der Waals surface area contributed by atoms with Crippen LogP contribution in [0.2, 0.25) is 0 Å². The van der Waals surface area contributed by atoms with Crippen molar-refractivity contribution in [3.05, 3.63) is 40.7 Å². The molecular weight excluding hydrogens is 401 g/mol. The number of sulfone groups is 2. The summed E-state index contributed by atoms with van der Waals surface area (Å²) in [5, 5.41) is 1.20. The number of rotatable bonds is 4. The molecule has 132 valence electrons. The molecule has 0 saturated heterocycles. The largest absolute Gasteiger partial charge is 0.234 e. The lowest BCUT2D eigenvalue weighted by molar-refractivity contribution is 0.357. The lowest BCUT2D eigenvalue weighted by atomic mass is 10.3. The Morgan fingerprint density at radius 2 is 1.33 bits per heavy atom. The quantitative estimate of drug-likeness (QED) is 0.337. The van der Waals surface area contributed by atoms with Crippen LogP contribution in [0.1, 0.15) is 6.92 Å². The first kappa shape index (κ1) is 18.7. The summed E-state index contributed by atoms with van der Waals surface area (Å²) in [6.45, 7) is 0.546. The monoisotopic (exact) mass is 407 g/mol.